The van der Waals surface area contributed by atoms with E-state index in [1.165, 1.54) is 13.0 Å². The molecule has 0 radical (unpaired) electrons. The van der Waals surface area contributed by atoms with E-state index >= 15 is 0 Å². The van der Waals surface area contributed by atoms with Crippen LogP contribution < -0.4 is 0 Å². The molecule has 2 aromatic rings. The molecule has 0 unspecified atom stereocenters. The molecule has 0 N–H and O–H groups in total. The molecule has 2 heteroatoms. The van der Waals surface area contributed by atoms with Gasteiger partial charge in [0.1, 0.15) is 5.82 Å². The van der Waals surface area contributed by atoms with Crippen molar-refractivity contribution in [2.75, 3.05) is 0 Å². The van der Waals surface area contributed by atoms with Crippen LogP contribution in [-0.2, 0) is 11.2 Å². The number of halogens is 1. The minimum Gasteiger partial charge on any atom is -0.295 e. The van der Waals surface area contributed by atoms with E-state index in [0.29, 0.717) is 0 Å². The first kappa shape index (κ1) is 17.7. The Balaban J connectivity index is 2.44. The number of hydrogen-bond acceptors (Lipinski definition) is 1. The fraction of sp³-hybridized carbons (Fsp3) is 0.227. The Kier molecular flexibility index (Phi) is 6.09. The molecule has 0 fully saturated rings. The molecule has 122 valence electrons. The van der Waals surface area contributed by atoms with Crippen LogP contribution in [0.25, 0.3) is 17.2 Å². The Morgan fingerprint density at radius 1 is 1.17 bits per heavy atom. The molecule has 1 nitrogen and oxygen atoms in total. The number of hydrogen-bond donors (Lipinski definition) is 0. The van der Waals surface area contributed by atoms with Crippen LogP contribution in [0.15, 0.2) is 42.5 Å². The van der Waals surface area contributed by atoms with Crippen molar-refractivity contribution in [2.45, 2.75) is 33.6 Å². The Bertz CT molecular complexity index is 835. The van der Waals surface area contributed by atoms with Gasteiger partial charge in [0.15, 0.2) is 5.78 Å². The maximum atomic E-state index is 14.2. The van der Waals surface area contributed by atoms with Crippen LogP contribution in [0, 0.1) is 17.7 Å². The van der Waals surface area contributed by atoms with Gasteiger partial charge in [0.2, 0.25) is 0 Å². The molecule has 0 saturated heterocycles. The minimum absolute atomic E-state index is 0.0110. The third kappa shape index (κ3) is 4.43. The largest absolute Gasteiger partial charge is 0.295 e. The van der Waals surface area contributed by atoms with E-state index in [0.717, 1.165) is 40.7 Å². The Morgan fingerprint density at radius 3 is 2.50 bits per heavy atom. The van der Waals surface area contributed by atoms with Crippen molar-refractivity contribution in [3.63, 3.8) is 0 Å². The first-order chi connectivity index (χ1) is 11.5. The van der Waals surface area contributed by atoms with E-state index < -0.39 is 0 Å². The molecular weight excluding hydrogens is 299 g/mol. The standard InChI is InChI=1S/C22H21FO/c1-4-6-18-11-13-21(15-22(18)23)20-12-10-17(9-8-16(3)24)19(14-20)7-5-2/h8-15H,4,6H2,1-3H3/b9-8-. The first-order valence-corrected chi connectivity index (χ1v) is 8.09. The zero-order chi connectivity index (χ0) is 17.5. The van der Waals surface area contributed by atoms with Crippen LogP contribution in [0.3, 0.4) is 0 Å². The highest BCUT2D eigenvalue weighted by atomic mass is 19.1. The molecule has 0 atom stereocenters. The molecule has 0 bridgehead atoms. The third-order valence-corrected chi connectivity index (χ3v) is 3.72. The van der Waals surface area contributed by atoms with Gasteiger partial charge in [0, 0.05) is 5.56 Å². The second kappa shape index (κ2) is 8.26. The quantitative estimate of drug-likeness (QED) is 0.531. The van der Waals surface area contributed by atoms with Gasteiger partial charge in [-0.2, -0.15) is 0 Å². The highest BCUT2D eigenvalue weighted by Crippen LogP contribution is 2.25. The number of ketones is 1. The molecule has 0 aliphatic heterocycles. The van der Waals surface area contributed by atoms with E-state index in [-0.39, 0.29) is 11.6 Å². The fourth-order valence-corrected chi connectivity index (χ4v) is 2.53. The van der Waals surface area contributed by atoms with E-state index in [1.807, 2.05) is 37.3 Å². The Hall–Kier alpha value is -2.66. The molecule has 2 aromatic carbocycles. The van der Waals surface area contributed by atoms with Crippen molar-refractivity contribution in [2.24, 2.45) is 0 Å². The van der Waals surface area contributed by atoms with Gasteiger partial charge in [0.05, 0.1) is 0 Å². The van der Waals surface area contributed by atoms with Gasteiger partial charge in [-0.05, 0) is 60.7 Å². The van der Waals surface area contributed by atoms with Gasteiger partial charge in [0.25, 0.3) is 0 Å². The van der Waals surface area contributed by atoms with Crippen molar-refractivity contribution < 1.29 is 9.18 Å². The molecule has 0 aliphatic carbocycles. The summed E-state index contributed by atoms with van der Waals surface area (Å²) in [5.41, 5.74) is 4.19. The average molecular weight is 320 g/mol. The SMILES string of the molecule is CC#Cc1cc(-c2ccc(CCC)c(F)c2)ccc1/C=C\C(C)=O. The fourth-order valence-electron chi connectivity index (χ4n) is 2.53. The molecule has 0 amide bonds. The monoisotopic (exact) mass is 320 g/mol. The molecular formula is C22H21FO. The van der Waals surface area contributed by atoms with Gasteiger partial charge in [-0.15, -0.1) is 5.92 Å². The number of rotatable bonds is 5. The second-order valence-corrected chi connectivity index (χ2v) is 5.68. The number of allylic oxidation sites excluding steroid dienone is 1. The number of benzene rings is 2. The summed E-state index contributed by atoms with van der Waals surface area (Å²) in [6.07, 6.45) is 4.95. The lowest BCUT2D eigenvalue weighted by Crippen LogP contribution is -1.92. The van der Waals surface area contributed by atoms with Crippen molar-refractivity contribution in [3.05, 3.63) is 65.0 Å². The number of aryl methyl sites for hydroxylation is 1. The lowest BCUT2D eigenvalue weighted by atomic mass is 9.97. The number of carbonyl (C=O) groups is 1. The van der Waals surface area contributed by atoms with Gasteiger partial charge in [-0.25, -0.2) is 4.39 Å². The topological polar surface area (TPSA) is 17.1 Å². The summed E-state index contributed by atoms with van der Waals surface area (Å²) in [6.45, 7) is 5.32. The van der Waals surface area contributed by atoms with Crippen molar-refractivity contribution in [1.29, 1.82) is 0 Å². The highest BCUT2D eigenvalue weighted by molar-refractivity contribution is 5.92. The van der Waals surface area contributed by atoms with Gasteiger partial charge in [-0.3, -0.25) is 4.79 Å². The second-order valence-electron chi connectivity index (χ2n) is 5.68. The molecule has 0 spiro atoms. The maximum absolute atomic E-state index is 14.2. The first-order valence-electron chi connectivity index (χ1n) is 8.09. The van der Waals surface area contributed by atoms with Crippen LogP contribution in [0.1, 0.15) is 43.9 Å². The van der Waals surface area contributed by atoms with Crippen LogP contribution in [0.2, 0.25) is 0 Å². The third-order valence-electron chi connectivity index (χ3n) is 3.72. The minimum atomic E-state index is -0.168. The van der Waals surface area contributed by atoms with Crippen LogP contribution in [-0.4, -0.2) is 5.78 Å². The maximum Gasteiger partial charge on any atom is 0.152 e. The zero-order valence-electron chi connectivity index (χ0n) is 14.3. The van der Waals surface area contributed by atoms with E-state index in [2.05, 4.69) is 11.8 Å². The molecule has 2 rings (SSSR count). The molecule has 0 saturated carbocycles. The summed E-state index contributed by atoms with van der Waals surface area (Å²) in [6, 6.07) is 11.1. The lowest BCUT2D eigenvalue weighted by molar-refractivity contribution is -0.112. The summed E-state index contributed by atoms with van der Waals surface area (Å²) in [5, 5.41) is 0. The van der Waals surface area contributed by atoms with Crippen LogP contribution in [0.4, 0.5) is 4.39 Å². The molecule has 0 aromatic heterocycles. The zero-order valence-corrected chi connectivity index (χ0v) is 14.3. The van der Waals surface area contributed by atoms with Gasteiger partial charge >= 0.3 is 0 Å². The smallest absolute Gasteiger partial charge is 0.152 e. The summed E-state index contributed by atoms with van der Waals surface area (Å²) < 4.78 is 14.2. The van der Waals surface area contributed by atoms with Gasteiger partial charge < -0.3 is 0 Å². The van der Waals surface area contributed by atoms with Crippen molar-refractivity contribution >= 4 is 11.9 Å². The summed E-state index contributed by atoms with van der Waals surface area (Å²) in [7, 11) is 0. The predicted octanol–water partition coefficient (Wildman–Crippen LogP) is 5.42. The van der Waals surface area contributed by atoms with E-state index in [4.69, 9.17) is 0 Å². The summed E-state index contributed by atoms with van der Waals surface area (Å²) >= 11 is 0. The molecule has 0 heterocycles. The Morgan fingerprint density at radius 2 is 1.88 bits per heavy atom. The van der Waals surface area contributed by atoms with Crippen LogP contribution >= 0.6 is 0 Å². The lowest BCUT2D eigenvalue weighted by Gasteiger charge is -2.08. The number of carbonyl (C=O) groups excluding carboxylic acids is 1. The summed E-state index contributed by atoms with van der Waals surface area (Å²) in [4.78, 5) is 11.1. The van der Waals surface area contributed by atoms with Crippen molar-refractivity contribution in [1.82, 2.24) is 0 Å². The average Bonchev–Trinajstić information content (AvgIpc) is 2.56. The van der Waals surface area contributed by atoms with Gasteiger partial charge in [-0.1, -0.05) is 49.6 Å². The highest BCUT2D eigenvalue weighted by Gasteiger charge is 2.07. The van der Waals surface area contributed by atoms with E-state index in [9.17, 15) is 9.18 Å². The van der Waals surface area contributed by atoms with E-state index in [1.54, 1.807) is 19.1 Å². The summed E-state index contributed by atoms with van der Waals surface area (Å²) in [5.74, 6) is 5.76. The molecule has 24 heavy (non-hydrogen) atoms. The molecule has 0 aliphatic rings. The predicted molar refractivity (Wildman–Crippen MR) is 98.1 cm³/mol. The normalized spacial score (nSPS) is 10.5. The van der Waals surface area contributed by atoms with Crippen LogP contribution in [0.5, 0.6) is 0 Å². The van der Waals surface area contributed by atoms with Crippen molar-refractivity contribution in [3.8, 4) is 23.0 Å². The Labute approximate surface area is 143 Å².